The summed E-state index contributed by atoms with van der Waals surface area (Å²) in [5.41, 5.74) is 1.61. The van der Waals surface area contributed by atoms with E-state index < -0.39 is 10.8 Å². The van der Waals surface area contributed by atoms with Crippen LogP contribution in [0.15, 0.2) is 0 Å². The molecule has 3 rings (SSSR count). The molecule has 2 atom stereocenters. The number of carbonyl (C=O) groups excluding carboxylic acids is 1. The molecule has 0 bridgehead atoms. The van der Waals surface area contributed by atoms with Crippen molar-refractivity contribution >= 4 is 28.2 Å². The Hall–Kier alpha value is -1.37. The molecule has 1 amide bonds. The highest BCUT2D eigenvalue weighted by Crippen LogP contribution is 2.35. The summed E-state index contributed by atoms with van der Waals surface area (Å²) in [4.78, 5) is 14.0. The molecule has 1 N–H and O–H groups in total. The van der Waals surface area contributed by atoms with Crippen molar-refractivity contribution in [1.29, 1.82) is 0 Å². The Kier molecular flexibility index (Phi) is 2.25. The highest BCUT2D eigenvalue weighted by Gasteiger charge is 2.39. The van der Waals surface area contributed by atoms with Gasteiger partial charge < -0.3 is 10.2 Å². The lowest BCUT2D eigenvalue weighted by atomic mass is 10.1. The second-order valence-corrected chi connectivity index (χ2v) is 6.04. The molecule has 1 aromatic heterocycles. The van der Waals surface area contributed by atoms with Crippen molar-refractivity contribution in [2.24, 2.45) is 7.05 Å². The van der Waals surface area contributed by atoms with Gasteiger partial charge in [0.2, 0.25) is 5.91 Å². The summed E-state index contributed by atoms with van der Waals surface area (Å²) in [6, 6.07) is -0.313. The number of anilines is 2. The van der Waals surface area contributed by atoms with Gasteiger partial charge in [0, 0.05) is 30.1 Å². The van der Waals surface area contributed by atoms with E-state index in [-0.39, 0.29) is 11.9 Å². The Morgan fingerprint density at radius 1 is 1.53 bits per heavy atom. The lowest BCUT2D eigenvalue weighted by molar-refractivity contribution is -0.117. The molecule has 7 heteroatoms. The molecule has 0 aliphatic carbocycles. The zero-order chi connectivity index (χ0) is 12.2. The number of aryl methyl sites for hydroxylation is 2. The van der Waals surface area contributed by atoms with Crippen molar-refractivity contribution < 1.29 is 9.00 Å². The highest BCUT2D eigenvalue weighted by molar-refractivity contribution is 7.85. The van der Waals surface area contributed by atoms with E-state index in [0.717, 1.165) is 17.2 Å². The molecule has 1 saturated heterocycles. The van der Waals surface area contributed by atoms with E-state index in [1.165, 1.54) is 0 Å². The summed E-state index contributed by atoms with van der Waals surface area (Å²) in [5.74, 6) is 1.90. The molecule has 0 saturated carbocycles. The Morgan fingerprint density at radius 2 is 2.29 bits per heavy atom. The maximum Gasteiger partial charge on any atom is 0.248 e. The Labute approximate surface area is 101 Å². The van der Waals surface area contributed by atoms with Crippen LogP contribution >= 0.6 is 0 Å². The van der Waals surface area contributed by atoms with Crippen molar-refractivity contribution in [2.45, 2.75) is 13.0 Å². The molecule has 92 valence electrons. The van der Waals surface area contributed by atoms with Gasteiger partial charge in [-0.2, -0.15) is 5.10 Å². The van der Waals surface area contributed by atoms with Crippen LogP contribution in [0, 0.1) is 6.92 Å². The van der Waals surface area contributed by atoms with Crippen molar-refractivity contribution in [3.8, 4) is 0 Å². The molecular formula is C10H14N4O2S. The largest absolute Gasteiger partial charge is 0.341 e. The Balaban J connectivity index is 2.10. The normalized spacial score (nSPS) is 27.4. The van der Waals surface area contributed by atoms with Crippen LogP contribution in [0.1, 0.15) is 5.69 Å². The van der Waals surface area contributed by atoms with Crippen LogP contribution in [0.4, 0.5) is 11.5 Å². The van der Waals surface area contributed by atoms with Gasteiger partial charge in [-0.05, 0) is 6.92 Å². The molecule has 2 aliphatic rings. The predicted octanol–water partition coefficient (Wildman–Crippen LogP) is -0.382. The second kappa shape index (κ2) is 3.56. The van der Waals surface area contributed by atoms with E-state index in [2.05, 4.69) is 10.4 Å². The maximum atomic E-state index is 12.0. The predicted molar refractivity (Wildman–Crippen MR) is 65.6 cm³/mol. The molecule has 6 nitrogen and oxygen atoms in total. The summed E-state index contributed by atoms with van der Waals surface area (Å²) in [6.45, 7) is 2.53. The minimum absolute atomic E-state index is 0.0679. The Bertz CT molecular complexity index is 525. The molecular weight excluding hydrogens is 240 g/mol. The number of nitrogens with one attached hydrogen (secondary N) is 1. The van der Waals surface area contributed by atoms with Gasteiger partial charge >= 0.3 is 0 Å². The van der Waals surface area contributed by atoms with Crippen LogP contribution in [0.5, 0.6) is 0 Å². The van der Waals surface area contributed by atoms with Gasteiger partial charge in [-0.25, -0.2) is 0 Å². The van der Waals surface area contributed by atoms with Crippen LogP contribution in [0.2, 0.25) is 0 Å². The van der Waals surface area contributed by atoms with Gasteiger partial charge in [0.15, 0.2) is 5.82 Å². The van der Waals surface area contributed by atoms with Crippen molar-refractivity contribution in [3.05, 3.63) is 5.69 Å². The number of fused-ring (bicyclic) bond motifs is 3. The standard InChI is InChI=1S/C10H14N4O2S/c1-6-8-10(13(2)12-6)14-3-4-17(16)5-7(14)9(15)11-8/h7H,3-5H2,1-2H3,(H,11,15). The van der Waals surface area contributed by atoms with Crippen LogP contribution in [-0.4, -0.2) is 44.0 Å². The SMILES string of the molecule is Cc1nn(C)c2c1NC(=O)C1CS(=O)CCN21. The molecule has 2 aliphatic heterocycles. The topological polar surface area (TPSA) is 67.2 Å². The number of aromatic nitrogens is 2. The third-order valence-corrected chi connectivity index (χ3v) is 4.62. The first-order chi connectivity index (χ1) is 8.08. The molecule has 0 radical (unpaired) electrons. The summed E-state index contributed by atoms with van der Waals surface area (Å²) >= 11 is 0. The fraction of sp³-hybridized carbons (Fsp3) is 0.600. The number of nitrogens with zero attached hydrogens (tertiary/aromatic N) is 3. The summed E-state index contributed by atoms with van der Waals surface area (Å²) in [5, 5.41) is 7.19. The molecule has 1 fully saturated rings. The van der Waals surface area contributed by atoms with Crippen LogP contribution < -0.4 is 10.2 Å². The third kappa shape index (κ3) is 1.49. The maximum absolute atomic E-state index is 12.0. The minimum atomic E-state index is -0.888. The average Bonchev–Trinajstić information content (AvgIpc) is 2.55. The lowest BCUT2D eigenvalue weighted by Crippen LogP contribution is -2.56. The quantitative estimate of drug-likeness (QED) is 0.685. The van der Waals surface area contributed by atoms with Crippen molar-refractivity contribution in [3.63, 3.8) is 0 Å². The fourth-order valence-corrected chi connectivity index (χ4v) is 3.75. The number of carbonyl (C=O) groups is 1. The number of amides is 1. The van der Waals surface area contributed by atoms with Gasteiger partial charge in [0.05, 0.1) is 11.4 Å². The van der Waals surface area contributed by atoms with E-state index in [9.17, 15) is 9.00 Å². The monoisotopic (exact) mass is 254 g/mol. The second-order valence-electron chi connectivity index (χ2n) is 4.42. The zero-order valence-electron chi connectivity index (χ0n) is 9.77. The first-order valence-electron chi connectivity index (χ1n) is 5.54. The van der Waals surface area contributed by atoms with Gasteiger partial charge in [-0.3, -0.25) is 13.7 Å². The van der Waals surface area contributed by atoms with Gasteiger partial charge in [-0.1, -0.05) is 0 Å². The third-order valence-electron chi connectivity index (χ3n) is 3.29. The van der Waals surface area contributed by atoms with Gasteiger partial charge in [0.25, 0.3) is 0 Å². The average molecular weight is 254 g/mol. The van der Waals surface area contributed by atoms with E-state index >= 15 is 0 Å². The fourth-order valence-electron chi connectivity index (χ4n) is 2.50. The summed E-state index contributed by atoms with van der Waals surface area (Å²) < 4.78 is 13.3. The smallest absolute Gasteiger partial charge is 0.248 e. The van der Waals surface area contributed by atoms with Crippen molar-refractivity contribution in [2.75, 3.05) is 28.3 Å². The van der Waals surface area contributed by atoms with Crippen LogP contribution in [-0.2, 0) is 22.6 Å². The van der Waals surface area contributed by atoms with Gasteiger partial charge in [0.1, 0.15) is 11.7 Å². The molecule has 0 aromatic carbocycles. The Morgan fingerprint density at radius 3 is 3.06 bits per heavy atom. The number of hydrogen-bond acceptors (Lipinski definition) is 4. The molecule has 17 heavy (non-hydrogen) atoms. The highest BCUT2D eigenvalue weighted by atomic mass is 32.2. The number of hydrogen-bond donors (Lipinski definition) is 1. The molecule has 0 spiro atoms. The van der Waals surface area contributed by atoms with E-state index in [0.29, 0.717) is 18.1 Å². The van der Waals surface area contributed by atoms with Crippen molar-refractivity contribution in [1.82, 2.24) is 9.78 Å². The lowest BCUT2D eigenvalue weighted by Gasteiger charge is -2.39. The first kappa shape index (κ1) is 10.8. The van der Waals surface area contributed by atoms with Crippen LogP contribution in [0.25, 0.3) is 0 Å². The molecule has 2 unspecified atom stereocenters. The van der Waals surface area contributed by atoms with Crippen LogP contribution in [0.3, 0.4) is 0 Å². The minimum Gasteiger partial charge on any atom is -0.341 e. The first-order valence-corrected chi connectivity index (χ1v) is 7.03. The zero-order valence-corrected chi connectivity index (χ0v) is 10.6. The van der Waals surface area contributed by atoms with E-state index in [4.69, 9.17) is 0 Å². The van der Waals surface area contributed by atoms with E-state index in [1.807, 2.05) is 18.9 Å². The number of rotatable bonds is 0. The van der Waals surface area contributed by atoms with Gasteiger partial charge in [-0.15, -0.1) is 0 Å². The van der Waals surface area contributed by atoms with E-state index in [1.54, 1.807) is 4.68 Å². The molecule has 1 aromatic rings. The summed E-state index contributed by atoms with van der Waals surface area (Å²) in [7, 11) is 0.979. The molecule has 3 heterocycles. The summed E-state index contributed by atoms with van der Waals surface area (Å²) in [6.07, 6.45) is 0.